The lowest BCUT2D eigenvalue weighted by Crippen LogP contribution is -2.71. The molecule has 1 saturated heterocycles. The van der Waals surface area contributed by atoms with Gasteiger partial charge in [0.05, 0.1) is 11.3 Å². The molecule has 0 radical (unpaired) electrons. The smallest absolute Gasteiger partial charge is 0.267 e. The van der Waals surface area contributed by atoms with Crippen molar-refractivity contribution in [2.24, 2.45) is 17.8 Å². The van der Waals surface area contributed by atoms with Crippen LogP contribution < -0.4 is 10.2 Å². The van der Waals surface area contributed by atoms with Crippen LogP contribution in [0.5, 0.6) is 0 Å². The Morgan fingerprint density at radius 1 is 1.24 bits per heavy atom. The minimum absolute atomic E-state index is 0.0516. The van der Waals surface area contributed by atoms with Gasteiger partial charge in [-0.25, -0.2) is 0 Å². The Labute approximate surface area is 171 Å². The summed E-state index contributed by atoms with van der Waals surface area (Å²) < 4.78 is 0. The number of hydrogen-bond acceptors (Lipinski definition) is 3. The fraction of sp³-hybridized carbons (Fsp3) is 0.609. The van der Waals surface area contributed by atoms with Crippen LogP contribution in [0.2, 0.25) is 0 Å². The van der Waals surface area contributed by atoms with Crippen molar-refractivity contribution in [3.63, 3.8) is 0 Å². The molecule has 4 aliphatic rings. The molecule has 3 amide bonds. The van der Waals surface area contributed by atoms with Crippen LogP contribution in [0.15, 0.2) is 24.3 Å². The maximum absolute atomic E-state index is 13.7. The van der Waals surface area contributed by atoms with Crippen LogP contribution in [0.1, 0.15) is 62.7 Å². The number of fused-ring (bicyclic) bond motifs is 5. The van der Waals surface area contributed by atoms with Gasteiger partial charge in [-0.1, -0.05) is 18.6 Å². The number of likely N-dealkylation sites (N-methyl/N-ethyl adjacent to an activating group) is 1. The van der Waals surface area contributed by atoms with Gasteiger partial charge >= 0.3 is 0 Å². The molecule has 154 valence electrons. The van der Waals surface area contributed by atoms with Gasteiger partial charge in [-0.15, -0.1) is 0 Å². The van der Waals surface area contributed by atoms with Gasteiger partial charge in [0, 0.05) is 25.4 Å². The Morgan fingerprint density at radius 3 is 2.72 bits per heavy atom. The monoisotopic (exact) mass is 395 g/mol. The molecular weight excluding hydrogens is 366 g/mol. The maximum Gasteiger partial charge on any atom is 0.267 e. The number of nitrogens with one attached hydrogen (secondary N) is 1. The van der Waals surface area contributed by atoms with Crippen molar-refractivity contribution in [1.29, 1.82) is 0 Å². The first-order valence-corrected chi connectivity index (χ1v) is 11.0. The molecule has 6 nitrogen and oxygen atoms in total. The van der Waals surface area contributed by atoms with Gasteiger partial charge < -0.3 is 10.2 Å². The van der Waals surface area contributed by atoms with Crippen LogP contribution in [0.3, 0.4) is 0 Å². The van der Waals surface area contributed by atoms with Gasteiger partial charge in [0.1, 0.15) is 0 Å². The number of anilines is 1. The number of benzene rings is 1. The van der Waals surface area contributed by atoms with Crippen molar-refractivity contribution in [2.45, 2.75) is 64.1 Å². The Balaban J connectivity index is 1.50. The molecule has 2 saturated carbocycles. The molecule has 1 aromatic rings. The highest BCUT2D eigenvalue weighted by atomic mass is 16.2. The van der Waals surface area contributed by atoms with Crippen LogP contribution in [-0.2, 0) is 9.59 Å². The summed E-state index contributed by atoms with van der Waals surface area (Å²) in [5, 5.41) is 3.25. The zero-order valence-electron chi connectivity index (χ0n) is 17.2. The molecule has 2 aliphatic heterocycles. The van der Waals surface area contributed by atoms with Gasteiger partial charge in [0.25, 0.3) is 11.8 Å². The normalized spacial score (nSPS) is 33.7. The predicted molar refractivity (Wildman–Crippen MR) is 109 cm³/mol. The Morgan fingerprint density at radius 2 is 2.03 bits per heavy atom. The Hall–Kier alpha value is -2.37. The third-order valence-corrected chi connectivity index (χ3v) is 7.85. The molecular formula is C23H29N3O3. The van der Waals surface area contributed by atoms with Gasteiger partial charge in [0.2, 0.25) is 11.6 Å². The van der Waals surface area contributed by atoms with E-state index in [1.165, 1.54) is 25.7 Å². The second-order valence-electron chi connectivity index (χ2n) is 9.21. The summed E-state index contributed by atoms with van der Waals surface area (Å²) in [6.07, 6.45) is 5.67. The lowest BCUT2D eigenvalue weighted by Gasteiger charge is -2.49. The highest BCUT2D eigenvalue weighted by molar-refractivity contribution is 6.16. The fourth-order valence-corrected chi connectivity index (χ4v) is 6.54. The average molecular weight is 396 g/mol. The topological polar surface area (TPSA) is 69.7 Å². The Bertz CT molecular complexity index is 884. The summed E-state index contributed by atoms with van der Waals surface area (Å²) in [7, 11) is 0. The van der Waals surface area contributed by atoms with Gasteiger partial charge in [-0.2, -0.15) is 0 Å². The van der Waals surface area contributed by atoms with Crippen molar-refractivity contribution < 1.29 is 14.4 Å². The summed E-state index contributed by atoms with van der Waals surface area (Å²) in [6.45, 7) is 4.35. The van der Waals surface area contributed by atoms with Crippen LogP contribution in [0.25, 0.3) is 0 Å². The van der Waals surface area contributed by atoms with Crippen molar-refractivity contribution in [1.82, 2.24) is 10.2 Å². The number of hydrogen-bond donors (Lipinski definition) is 1. The molecule has 0 spiro atoms. The minimum atomic E-state index is -1.25. The second-order valence-corrected chi connectivity index (χ2v) is 9.21. The van der Waals surface area contributed by atoms with E-state index in [4.69, 9.17) is 0 Å². The summed E-state index contributed by atoms with van der Waals surface area (Å²) in [4.78, 5) is 43.1. The van der Waals surface area contributed by atoms with E-state index in [2.05, 4.69) is 12.2 Å². The lowest BCUT2D eigenvalue weighted by molar-refractivity contribution is -0.134. The lowest BCUT2D eigenvalue weighted by atomic mass is 9.83. The van der Waals surface area contributed by atoms with Crippen LogP contribution in [-0.4, -0.2) is 40.9 Å². The van der Waals surface area contributed by atoms with Gasteiger partial charge in [-0.3, -0.25) is 19.3 Å². The molecule has 1 aromatic carbocycles. The number of para-hydroxylation sites is 1. The summed E-state index contributed by atoms with van der Waals surface area (Å²) in [6, 6.07) is 7.20. The first-order valence-electron chi connectivity index (χ1n) is 11.0. The number of nitrogens with zero attached hydrogens (tertiary/aromatic N) is 2. The Kier molecular flexibility index (Phi) is 4.23. The van der Waals surface area contributed by atoms with E-state index in [0.29, 0.717) is 36.1 Å². The second kappa shape index (κ2) is 6.57. The minimum Gasteiger partial charge on any atom is -0.350 e. The van der Waals surface area contributed by atoms with E-state index in [1.807, 2.05) is 13.0 Å². The van der Waals surface area contributed by atoms with Crippen molar-refractivity contribution in [3.05, 3.63) is 29.8 Å². The van der Waals surface area contributed by atoms with E-state index < -0.39 is 5.66 Å². The summed E-state index contributed by atoms with van der Waals surface area (Å²) >= 11 is 0. The highest BCUT2D eigenvalue weighted by Crippen LogP contribution is 2.50. The molecule has 6 heteroatoms. The number of carbonyl (C=O) groups is 3. The molecule has 5 rings (SSSR count). The molecule has 0 aromatic heterocycles. The first-order chi connectivity index (χ1) is 14.0. The third-order valence-electron chi connectivity index (χ3n) is 7.85. The molecule has 1 N–H and O–H groups in total. The first kappa shape index (κ1) is 18.6. The third kappa shape index (κ3) is 2.50. The van der Waals surface area contributed by atoms with E-state index >= 15 is 0 Å². The van der Waals surface area contributed by atoms with Crippen molar-refractivity contribution in [2.75, 3.05) is 11.4 Å². The van der Waals surface area contributed by atoms with E-state index in [1.54, 1.807) is 28.0 Å². The molecule has 3 fully saturated rings. The van der Waals surface area contributed by atoms with Crippen molar-refractivity contribution in [3.8, 4) is 0 Å². The zero-order chi connectivity index (χ0) is 20.3. The summed E-state index contributed by atoms with van der Waals surface area (Å²) in [5.74, 6) is 1.54. The molecule has 2 bridgehead atoms. The molecule has 5 atom stereocenters. The quantitative estimate of drug-likeness (QED) is 0.852. The van der Waals surface area contributed by atoms with Crippen LogP contribution in [0, 0.1) is 17.8 Å². The maximum atomic E-state index is 13.7. The van der Waals surface area contributed by atoms with Gasteiger partial charge in [0.15, 0.2) is 0 Å². The molecule has 0 unspecified atom stereocenters. The van der Waals surface area contributed by atoms with Gasteiger partial charge in [-0.05, 0) is 63.0 Å². The number of rotatable bonds is 4. The standard InChI is InChI=1S/C23H29N3O3/c1-3-25-21(28)17-6-4-5-7-19(17)26-20(27)10-11-23(25,26)22(29)24-14(2)18-13-15-8-9-16(18)12-15/h4-7,14-16,18H,3,8-13H2,1-2H3,(H,24,29)/t14-,15-,16-,18+,23-/m0/s1. The van der Waals surface area contributed by atoms with E-state index in [-0.39, 0.29) is 30.2 Å². The molecule has 2 aliphatic carbocycles. The summed E-state index contributed by atoms with van der Waals surface area (Å²) in [5.41, 5.74) is -0.190. The predicted octanol–water partition coefficient (Wildman–Crippen LogP) is 2.93. The zero-order valence-corrected chi connectivity index (χ0v) is 17.2. The number of amides is 3. The average Bonchev–Trinajstić information content (AvgIpc) is 3.43. The SMILES string of the molecule is CCN1C(=O)c2ccccc2N2C(=O)CC[C@]12C(=O)N[C@@H](C)[C@H]1C[C@H]2CC[C@H]1C2. The van der Waals surface area contributed by atoms with Crippen LogP contribution >= 0.6 is 0 Å². The van der Waals surface area contributed by atoms with Crippen molar-refractivity contribution >= 4 is 23.4 Å². The van der Waals surface area contributed by atoms with E-state index in [0.717, 1.165) is 5.92 Å². The molecule has 29 heavy (non-hydrogen) atoms. The van der Waals surface area contributed by atoms with E-state index in [9.17, 15) is 14.4 Å². The molecule has 2 heterocycles. The number of carbonyl (C=O) groups excluding carboxylic acids is 3. The fourth-order valence-electron chi connectivity index (χ4n) is 6.54. The largest absolute Gasteiger partial charge is 0.350 e. The highest BCUT2D eigenvalue weighted by Gasteiger charge is 2.60. The van der Waals surface area contributed by atoms with Crippen LogP contribution in [0.4, 0.5) is 5.69 Å².